The molecular formula is C16H17FN2O4S. The lowest BCUT2D eigenvalue weighted by Crippen LogP contribution is -2.27. The summed E-state index contributed by atoms with van der Waals surface area (Å²) in [5, 5.41) is 11.2. The van der Waals surface area contributed by atoms with Crippen LogP contribution >= 0.6 is 0 Å². The van der Waals surface area contributed by atoms with Crippen LogP contribution in [0.15, 0.2) is 47.4 Å². The number of hydrogen-bond donors (Lipinski definition) is 3. The van der Waals surface area contributed by atoms with Gasteiger partial charge in [0.2, 0.25) is 0 Å². The number of aliphatic hydroxyl groups excluding tert-OH is 1. The Morgan fingerprint density at radius 2 is 1.83 bits per heavy atom. The van der Waals surface area contributed by atoms with Crippen LogP contribution in [0, 0.1) is 12.7 Å². The summed E-state index contributed by atoms with van der Waals surface area (Å²) in [4.78, 5) is 11.9. The molecule has 0 unspecified atom stereocenters. The lowest BCUT2D eigenvalue weighted by molar-refractivity contribution is 0.0944. The number of sulfonamides is 1. The van der Waals surface area contributed by atoms with Crippen molar-refractivity contribution in [1.82, 2.24) is 5.32 Å². The molecule has 1 amide bonds. The van der Waals surface area contributed by atoms with E-state index in [1.807, 2.05) is 0 Å². The molecule has 2 aromatic rings. The maximum absolute atomic E-state index is 12.9. The maximum atomic E-state index is 12.9. The first-order valence-electron chi connectivity index (χ1n) is 7.11. The predicted molar refractivity (Wildman–Crippen MR) is 87.8 cm³/mol. The molecule has 8 heteroatoms. The molecule has 0 aliphatic heterocycles. The summed E-state index contributed by atoms with van der Waals surface area (Å²) in [6.45, 7) is 1.54. The normalized spacial score (nSPS) is 11.1. The van der Waals surface area contributed by atoms with Gasteiger partial charge in [-0.25, -0.2) is 12.8 Å². The van der Waals surface area contributed by atoms with Crippen molar-refractivity contribution in [2.75, 3.05) is 17.9 Å². The monoisotopic (exact) mass is 352 g/mol. The zero-order valence-corrected chi connectivity index (χ0v) is 13.7. The van der Waals surface area contributed by atoms with Crippen LogP contribution in [0.4, 0.5) is 10.1 Å². The van der Waals surface area contributed by atoms with Crippen molar-refractivity contribution in [3.8, 4) is 0 Å². The van der Waals surface area contributed by atoms with Crippen molar-refractivity contribution >= 4 is 21.6 Å². The molecule has 3 N–H and O–H groups in total. The highest BCUT2D eigenvalue weighted by Crippen LogP contribution is 2.19. The number of aryl methyl sites for hydroxylation is 1. The smallest absolute Gasteiger partial charge is 0.261 e. The highest BCUT2D eigenvalue weighted by atomic mass is 32.2. The first-order valence-corrected chi connectivity index (χ1v) is 8.60. The lowest BCUT2D eigenvalue weighted by atomic mass is 10.1. The SMILES string of the molecule is Cc1ccc(S(=O)(=O)Nc2ccc(F)cc2)cc1C(=O)NCCO. The van der Waals surface area contributed by atoms with Crippen LogP contribution in [0.2, 0.25) is 0 Å². The van der Waals surface area contributed by atoms with Gasteiger partial charge in [-0.1, -0.05) is 6.07 Å². The summed E-state index contributed by atoms with van der Waals surface area (Å²) in [5.41, 5.74) is 1.01. The van der Waals surface area contributed by atoms with Crippen molar-refractivity contribution in [3.05, 3.63) is 59.4 Å². The number of rotatable bonds is 6. The fourth-order valence-electron chi connectivity index (χ4n) is 2.01. The molecule has 24 heavy (non-hydrogen) atoms. The van der Waals surface area contributed by atoms with Crippen molar-refractivity contribution in [3.63, 3.8) is 0 Å². The van der Waals surface area contributed by atoms with Crippen LogP contribution in [0.25, 0.3) is 0 Å². The van der Waals surface area contributed by atoms with Gasteiger partial charge in [0.05, 0.1) is 11.5 Å². The van der Waals surface area contributed by atoms with E-state index in [1.165, 1.54) is 30.3 Å². The van der Waals surface area contributed by atoms with Gasteiger partial charge in [-0.15, -0.1) is 0 Å². The largest absolute Gasteiger partial charge is 0.395 e. The fourth-order valence-corrected chi connectivity index (χ4v) is 3.09. The molecule has 0 radical (unpaired) electrons. The zero-order valence-electron chi connectivity index (χ0n) is 12.9. The number of carbonyl (C=O) groups excluding carboxylic acids is 1. The minimum Gasteiger partial charge on any atom is -0.395 e. The Hall–Kier alpha value is -2.45. The van der Waals surface area contributed by atoms with E-state index in [9.17, 15) is 17.6 Å². The van der Waals surface area contributed by atoms with Gasteiger partial charge in [0.1, 0.15) is 5.82 Å². The predicted octanol–water partition coefficient (Wildman–Crippen LogP) is 1.66. The number of amides is 1. The summed E-state index contributed by atoms with van der Waals surface area (Å²) in [7, 11) is -3.92. The minimum absolute atomic E-state index is 0.0725. The van der Waals surface area contributed by atoms with E-state index in [1.54, 1.807) is 6.92 Å². The van der Waals surface area contributed by atoms with Crippen LogP contribution in [-0.2, 0) is 10.0 Å². The average molecular weight is 352 g/mol. The highest BCUT2D eigenvalue weighted by Gasteiger charge is 2.18. The van der Waals surface area contributed by atoms with Gasteiger partial charge in [0.25, 0.3) is 15.9 Å². The van der Waals surface area contributed by atoms with E-state index in [-0.39, 0.29) is 29.3 Å². The van der Waals surface area contributed by atoms with Crippen molar-refractivity contribution in [1.29, 1.82) is 0 Å². The van der Waals surface area contributed by atoms with Crippen LogP contribution in [0.3, 0.4) is 0 Å². The van der Waals surface area contributed by atoms with Gasteiger partial charge in [0.15, 0.2) is 0 Å². The number of nitrogens with one attached hydrogen (secondary N) is 2. The van der Waals surface area contributed by atoms with Gasteiger partial charge < -0.3 is 10.4 Å². The lowest BCUT2D eigenvalue weighted by Gasteiger charge is -2.11. The van der Waals surface area contributed by atoms with Gasteiger partial charge >= 0.3 is 0 Å². The average Bonchev–Trinajstić information content (AvgIpc) is 2.54. The molecule has 128 valence electrons. The molecule has 2 aromatic carbocycles. The van der Waals surface area contributed by atoms with Crippen LogP contribution in [0.1, 0.15) is 15.9 Å². The molecule has 0 aliphatic rings. The quantitative estimate of drug-likeness (QED) is 0.737. The first-order chi connectivity index (χ1) is 11.3. The molecule has 0 heterocycles. The Labute approximate surface area is 139 Å². The molecule has 0 saturated carbocycles. The Balaban J connectivity index is 2.30. The number of halogens is 1. The molecule has 0 aliphatic carbocycles. The van der Waals surface area contributed by atoms with E-state index in [0.29, 0.717) is 5.56 Å². The van der Waals surface area contributed by atoms with E-state index in [0.717, 1.165) is 12.1 Å². The second-order valence-corrected chi connectivity index (χ2v) is 6.75. The molecule has 0 atom stereocenters. The van der Waals surface area contributed by atoms with Gasteiger partial charge in [-0.3, -0.25) is 9.52 Å². The summed E-state index contributed by atoms with van der Waals surface area (Å²) < 4.78 is 40.0. The molecular weight excluding hydrogens is 335 g/mol. The molecule has 0 aromatic heterocycles. The molecule has 2 rings (SSSR count). The van der Waals surface area contributed by atoms with Crippen molar-refractivity contribution in [2.45, 2.75) is 11.8 Å². The number of aliphatic hydroxyl groups is 1. The second kappa shape index (κ2) is 7.41. The summed E-state index contributed by atoms with van der Waals surface area (Å²) >= 11 is 0. The van der Waals surface area contributed by atoms with Gasteiger partial charge in [0, 0.05) is 17.8 Å². The van der Waals surface area contributed by atoms with Gasteiger partial charge in [-0.2, -0.15) is 0 Å². The van der Waals surface area contributed by atoms with E-state index in [2.05, 4.69) is 10.0 Å². The third kappa shape index (κ3) is 4.30. The Morgan fingerprint density at radius 3 is 2.46 bits per heavy atom. The number of carbonyl (C=O) groups is 1. The Morgan fingerprint density at radius 1 is 1.17 bits per heavy atom. The standard InChI is InChI=1S/C16H17FN2O4S/c1-11-2-7-14(10-15(11)16(21)18-8-9-20)24(22,23)19-13-5-3-12(17)4-6-13/h2-7,10,19-20H,8-9H2,1H3,(H,18,21). The highest BCUT2D eigenvalue weighted by molar-refractivity contribution is 7.92. The number of anilines is 1. The van der Waals surface area contributed by atoms with Crippen molar-refractivity contribution in [2.24, 2.45) is 0 Å². The summed E-state index contributed by atoms with van der Waals surface area (Å²) in [6.07, 6.45) is 0. The summed E-state index contributed by atoms with van der Waals surface area (Å²) in [5.74, 6) is -0.948. The van der Waals surface area contributed by atoms with Crippen molar-refractivity contribution < 1.29 is 22.7 Å². The first kappa shape index (κ1) is 17.9. The molecule has 0 bridgehead atoms. The fraction of sp³-hybridized carbons (Fsp3) is 0.188. The molecule has 0 spiro atoms. The van der Waals surface area contributed by atoms with E-state index < -0.39 is 21.7 Å². The molecule has 0 fully saturated rings. The third-order valence-electron chi connectivity index (χ3n) is 3.26. The van der Waals surface area contributed by atoms with Gasteiger partial charge in [-0.05, 0) is 48.9 Å². The third-order valence-corrected chi connectivity index (χ3v) is 4.64. The van der Waals surface area contributed by atoms with E-state index in [4.69, 9.17) is 5.11 Å². The minimum atomic E-state index is -3.92. The molecule has 6 nitrogen and oxygen atoms in total. The zero-order chi connectivity index (χ0) is 17.7. The Kier molecular flexibility index (Phi) is 5.53. The van der Waals surface area contributed by atoms with Crippen LogP contribution < -0.4 is 10.0 Å². The number of benzene rings is 2. The topological polar surface area (TPSA) is 95.5 Å². The Bertz CT molecular complexity index is 836. The number of hydrogen-bond acceptors (Lipinski definition) is 4. The maximum Gasteiger partial charge on any atom is 0.261 e. The second-order valence-electron chi connectivity index (χ2n) is 5.07. The summed E-state index contributed by atoms with van der Waals surface area (Å²) in [6, 6.07) is 9.04. The van der Waals surface area contributed by atoms with Crippen LogP contribution in [-0.4, -0.2) is 32.6 Å². The molecule has 0 saturated heterocycles. The van der Waals surface area contributed by atoms with Crippen LogP contribution in [0.5, 0.6) is 0 Å². The van der Waals surface area contributed by atoms with E-state index >= 15 is 0 Å².